The summed E-state index contributed by atoms with van der Waals surface area (Å²) in [6, 6.07) is 9.17. The Bertz CT molecular complexity index is 371. The molecule has 0 fully saturated rings. The third kappa shape index (κ3) is 3.20. The molecule has 1 unspecified atom stereocenters. The molecule has 1 rings (SSSR count). The second kappa shape index (κ2) is 5.19. The summed E-state index contributed by atoms with van der Waals surface area (Å²) in [6.45, 7) is 5.87. The Morgan fingerprint density at radius 1 is 1.35 bits per heavy atom. The van der Waals surface area contributed by atoms with Gasteiger partial charge in [0.05, 0.1) is 6.04 Å². The van der Waals surface area contributed by atoms with E-state index in [1.54, 1.807) is 0 Å². The molecule has 4 heteroatoms. The highest BCUT2D eigenvalue weighted by molar-refractivity contribution is 5.67. The van der Waals surface area contributed by atoms with Crippen LogP contribution in [-0.4, -0.2) is 28.2 Å². The predicted octanol–water partition coefficient (Wildman–Crippen LogP) is 2.46. The van der Waals surface area contributed by atoms with Crippen LogP contribution in [-0.2, 0) is 0 Å². The van der Waals surface area contributed by atoms with Crippen molar-refractivity contribution in [1.82, 2.24) is 4.90 Å². The molecule has 0 heterocycles. The van der Waals surface area contributed by atoms with E-state index in [1.165, 1.54) is 4.90 Å². The standard InChI is InChI=1S/C13H20N2O2/c1-13(2,3)15(12(16)17)11(9-14)10-7-5-4-6-8-10/h4-8,11H,9,14H2,1-3H3,(H,16,17). The van der Waals surface area contributed by atoms with Crippen LogP contribution in [0.3, 0.4) is 0 Å². The van der Waals surface area contributed by atoms with Gasteiger partial charge in [-0.15, -0.1) is 0 Å². The molecule has 3 N–H and O–H groups in total. The fourth-order valence-electron chi connectivity index (χ4n) is 1.95. The normalized spacial score (nSPS) is 13.2. The summed E-state index contributed by atoms with van der Waals surface area (Å²) >= 11 is 0. The fourth-order valence-corrected chi connectivity index (χ4v) is 1.95. The maximum atomic E-state index is 11.4. The highest BCUT2D eigenvalue weighted by atomic mass is 16.4. The number of hydrogen-bond acceptors (Lipinski definition) is 2. The Hall–Kier alpha value is -1.55. The number of amides is 1. The van der Waals surface area contributed by atoms with Crippen LogP contribution in [0.4, 0.5) is 4.79 Å². The predicted molar refractivity (Wildman–Crippen MR) is 67.9 cm³/mol. The Kier molecular flexibility index (Phi) is 4.12. The molecule has 0 aromatic heterocycles. The number of carbonyl (C=O) groups is 1. The lowest BCUT2D eigenvalue weighted by atomic mass is 9.98. The first-order valence-electron chi connectivity index (χ1n) is 5.65. The quantitative estimate of drug-likeness (QED) is 0.847. The van der Waals surface area contributed by atoms with Crippen molar-refractivity contribution in [3.05, 3.63) is 35.9 Å². The average molecular weight is 236 g/mol. The van der Waals surface area contributed by atoms with Crippen LogP contribution in [0.5, 0.6) is 0 Å². The van der Waals surface area contributed by atoms with Gasteiger partial charge in [-0.1, -0.05) is 30.3 Å². The first kappa shape index (κ1) is 13.5. The number of nitrogens with zero attached hydrogens (tertiary/aromatic N) is 1. The molecular weight excluding hydrogens is 216 g/mol. The monoisotopic (exact) mass is 236 g/mol. The highest BCUT2D eigenvalue weighted by Crippen LogP contribution is 2.27. The second-order valence-electron chi connectivity index (χ2n) is 4.99. The van der Waals surface area contributed by atoms with Crippen molar-refractivity contribution in [2.75, 3.05) is 6.54 Å². The van der Waals surface area contributed by atoms with E-state index in [9.17, 15) is 9.90 Å². The van der Waals surface area contributed by atoms with Crippen molar-refractivity contribution in [3.8, 4) is 0 Å². The summed E-state index contributed by atoms with van der Waals surface area (Å²) in [5.74, 6) is 0. The number of hydrogen-bond donors (Lipinski definition) is 2. The van der Waals surface area contributed by atoms with Gasteiger partial charge in [-0.2, -0.15) is 0 Å². The zero-order chi connectivity index (χ0) is 13.1. The Balaban J connectivity index is 3.11. The average Bonchev–Trinajstić information content (AvgIpc) is 2.24. The Morgan fingerprint density at radius 2 is 1.88 bits per heavy atom. The lowest BCUT2D eigenvalue weighted by Crippen LogP contribution is -2.49. The third-order valence-electron chi connectivity index (χ3n) is 2.65. The van der Waals surface area contributed by atoms with E-state index in [4.69, 9.17) is 5.73 Å². The molecule has 0 aliphatic carbocycles. The highest BCUT2D eigenvalue weighted by Gasteiger charge is 2.33. The molecule has 0 radical (unpaired) electrons. The van der Waals surface area contributed by atoms with Gasteiger partial charge in [0.2, 0.25) is 0 Å². The molecule has 0 aliphatic rings. The van der Waals surface area contributed by atoms with Crippen molar-refractivity contribution in [2.45, 2.75) is 32.4 Å². The van der Waals surface area contributed by atoms with E-state index in [2.05, 4.69) is 0 Å². The minimum absolute atomic E-state index is 0.271. The van der Waals surface area contributed by atoms with Crippen LogP contribution in [0.1, 0.15) is 32.4 Å². The smallest absolute Gasteiger partial charge is 0.408 e. The zero-order valence-electron chi connectivity index (χ0n) is 10.6. The first-order valence-corrected chi connectivity index (χ1v) is 5.65. The molecule has 0 spiro atoms. The van der Waals surface area contributed by atoms with Crippen LogP contribution < -0.4 is 5.73 Å². The summed E-state index contributed by atoms with van der Waals surface area (Å²) in [5, 5.41) is 9.34. The van der Waals surface area contributed by atoms with Crippen molar-refractivity contribution >= 4 is 6.09 Å². The van der Waals surface area contributed by atoms with E-state index in [0.717, 1.165) is 5.56 Å². The van der Waals surface area contributed by atoms with Gasteiger partial charge in [-0.25, -0.2) is 4.79 Å². The summed E-state index contributed by atoms with van der Waals surface area (Å²) in [5.41, 5.74) is 6.18. The van der Waals surface area contributed by atoms with Crippen molar-refractivity contribution in [2.24, 2.45) is 5.73 Å². The molecule has 4 nitrogen and oxygen atoms in total. The lowest BCUT2D eigenvalue weighted by Gasteiger charge is -2.39. The molecule has 0 saturated carbocycles. The largest absolute Gasteiger partial charge is 0.465 e. The zero-order valence-corrected chi connectivity index (χ0v) is 10.6. The molecule has 0 saturated heterocycles. The van der Waals surface area contributed by atoms with E-state index < -0.39 is 11.6 Å². The van der Waals surface area contributed by atoms with E-state index in [1.807, 2.05) is 51.1 Å². The second-order valence-corrected chi connectivity index (χ2v) is 4.99. The number of benzene rings is 1. The molecule has 0 bridgehead atoms. The fraction of sp³-hybridized carbons (Fsp3) is 0.462. The van der Waals surface area contributed by atoms with Crippen LogP contribution in [0.15, 0.2) is 30.3 Å². The summed E-state index contributed by atoms with van der Waals surface area (Å²) in [4.78, 5) is 12.8. The minimum atomic E-state index is -0.947. The first-order chi connectivity index (χ1) is 7.88. The van der Waals surface area contributed by atoms with Crippen LogP contribution in [0.25, 0.3) is 0 Å². The van der Waals surface area contributed by atoms with Gasteiger partial charge in [0.1, 0.15) is 0 Å². The maximum Gasteiger partial charge on any atom is 0.408 e. The van der Waals surface area contributed by atoms with E-state index in [0.29, 0.717) is 0 Å². The van der Waals surface area contributed by atoms with Gasteiger partial charge in [-0.3, -0.25) is 4.90 Å². The summed E-state index contributed by atoms with van der Waals surface area (Å²) < 4.78 is 0. The summed E-state index contributed by atoms with van der Waals surface area (Å²) in [6.07, 6.45) is -0.947. The van der Waals surface area contributed by atoms with Crippen molar-refractivity contribution in [3.63, 3.8) is 0 Å². The van der Waals surface area contributed by atoms with Crippen molar-refractivity contribution in [1.29, 1.82) is 0 Å². The maximum absolute atomic E-state index is 11.4. The van der Waals surface area contributed by atoms with E-state index >= 15 is 0 Å². The molecule has 17 heavy (non-hydrogen) atoms. The molecule has 1 aromatic rings. The van der Waals surface area contributed by atoms with Gasteiger partial charge < -0.3 is 10.8 Å². The van der Waals surface area contributed by atoms with Gasteiger partial charge in [0, 0.05) is 12.1 Å². The SMILES string of the molecule is CC(C)(C)N(C(=O)O)C(CN)c1ccccc1. The van der Waals surface area contributed by atoms with Gasteiger partial charge in [-0.05, 0) is 26.3 Å². The topological polar surface area (TPSA) is 66.6 Å². The van der Waals surface area contributed by atoms with Crippen LogP contribution >= 0.6 is 0 Å². The lowest BCUT2D eigenvalue weighted by molar-refractivity contribution is 0.0721. The molecule has 1 aromatic carbocycles. The number of carboxylic acid groups (broad SMARTS) is 1. The molecule has 1 atom stereocenters. The molecule has 0 aliphatic heterocycles. The van der Waals surface area contributed by atoms with Crippen LogP contribution in [0.2, 0.25) is 0 Å². The summed E-state index contributed by atoms with van der Waals surface area (Å²) in [7, 11) is 0. The van der Waals surface area contributed by atoms with Crippen molar-refractivity contribution < 1.29 is 9.90 Å². The molecule has 1 amide bonds. The number of rotatable bonds is 3. The Morgan fingerprint density at radius 3 is 2.24 bits per heavy atom. The molecule has 94 valence electrons. The van der Waals surface area contributed by atoms with E-state index in [-0.39, 0.29) is 12.6 Å². The number of nitrogens with two attached hydrogens (primary N) is 1. The van der Waals surface area contributed by atoms with Gasteiger partial charge >= 0.3 is 6.09 Å². The van der Waals surface area contributed by atoms with Gasteiger partial charge in [0.15, 0.2) is 0 Å². The Labute approximate surface area is 102 Å². The third-order valence-corrected chi connectivity index (χ3v) is 2.65. The molecular formula is C13H20N2O2. The minimum Gasteiger partial charge on any atom is -0.465 e. The van der Waals surface area contributed by atoms with Crippen LogP contribution in [0, 0.1) is 0 Å². The van der Waals surface area contributed by atoms with Gasteiger partial charge in [0.25, 0.3) is 0 Å².